The van der Waals surface area contributed by atoms with Gasteiger partial charge >= 0.3 is 0 Å². The smallest absolute Gasteiger partial charge is 0.200 e. The van der Waals surface area contributed by atoms with Gasteiger partial charge in [-0.15, -0.1) is 0 Å². The molecule has 0 amide bonds. The summed E-state index contributed by atoms with van der Waals surface area (Å²) in [5.41, 5.74) is 6.72. The summed E-state index contributed by atoms with van der Waals surface area (Å²) in [6.45, 7) is 11.4. The molecular weight excluding hydrogens is 308 g/mol. The van der Waals surface area contributed by atoms with Gasteiger partial charge in [-0.1, -0.05) is 35.9 Å². The second-order valence-electron chi connectivity index (χ2n) is 7.94. The lowest BCUT2D eigenvalue weighted by Gasteiger charge is -2.17. The summed E-state index contributed by atoms with van der Waals surface area (Å²) in [5, 5.41) is 16.5. The third-order valence-electron chi connectivity index (χ3n) is 5.18. The Morgan fingerprint density at radius 3 is 2.28 bits per heavy atom. The third kappa shape index (κ3) is 3.41. The van der Waals surface area contributed by atoms with Crippen LogP contribution in [0.3, 0.4) is 0 Å². The number of benzene rings is 2. The fraction of sp³-hybridized carbons (Fsp3) is 0.409. The first-order valence-corrected chi connectivity index (χ1v) is 9.00. The molecule has 3 heteroatoms. The lowest BCUT2D eigenvalue weighted by atomic mass is 9.81. The van der Waals surface area contributed by atoms with Gasteiger partial charge in [-0.2, -0.15) is 0 Å². The third-order valence-corrected chi connectivity index (χ3v) is 5.18. The molecule has 0 saturated heterocycles. The number of hydrogen-bond acceptors (Lipinski definition) is 2. The summed E-state index contributed by atoms with van der Waals surface area (Å²) in [6.07, 6.45) is 0.859. The zero-order valence-corrected chi connectivity index (χ0v) is 15.9. The molecule has 1 aliphatic rings. The SMILES string of the molecule is Cc1cc(C)c(NCC2CC(C)(C)C(c3ccccc3)=[N+]2[O-])c(C)c1. The summed E-state index contributed by atoms with van der Waals surface area (Å²) in [7, 11) is 0. The van der Waals surface area contributed by atoms with E-state index in [0.717, 1.165) is 23.4 Å². The Morgan fingerprint density at radius 1 is 1.08 bits per heavy atom. The van der Waals surface area contributed by atoms with E-state index in [9.17, 15) is 5.21 Å². The molecule has 0 aliphatic carbocycles. The molecule has 25 heavy (non-hydrogen) atoms. The second kappa shape index (κ2) is 6.55. The first-order chi connectivity index (χ1) is 11.8. The van der Waals surface area contributed by atoms with Crippen molar-refractivity contribution >= 4 is 11.4 Å². The maximum Gasteiger partial charge on any atom is 0.200 e. The number of anilines is 1. The standard InChI is InChI=1S/C22H28N2O/c1-15-11-16(2)20(17(3)12-15)23-14-19-13-22(4,5)21(24(19)25)18-9-7-6-8-10-18/h6-12,19,23H,13-14H2,1-5H3. The number of hydroxylamine groups is 1. The molecular formula is C22H28N2O. The van der Waals surface area contributed by atoms with Crippen molar-refractivity contribution in [2.75, 3.05) is 11.9 Å². The molecule has 132 valence electrons. The van der Waals surface area contributed by atoms with E-state index in [1.165, 1.54) is 21.4 Å². The molecule has 2 aromatic carbocycles. The van der Waals surface area contributed by atoms with Gasteiger partial charge in [-0.25, -0.2) is 4.74 Å². The number of rotatable bonds is 4. The first kappa shape index (κ1) is 17.5. The van der Waals surface area contributed by atoms with Crippen molar-refractivity contribution in [3.05, 3.63) is 69.9 Å². The van der Waals surface area contributed by atoms with Gasteiger partial charge in [0.15, 0.2) is 6.04 Å². The van der Waals surface area contributed by atoms with E-state index in [1.54, 1.807) is 0 Å². The Kier molecular flexibility index (Phi) is 4.59. The minimum absolute atomic E-state index is 0.0506. The molecule has 0 spiro atoms. The highest BCUT2D eigenvalue weighted by Crippen LogP contribution is 2.35. The molecule has 0 bridgehead atoms. The predicted octanol–water partition coefficient (Wildman–Crippen LogP) is 4.82. The van der Waals surface area contributed by atoms with Crippen molar-refractivity contribution in [3.63, 3.8) is 0 Å². The van der Waals surface area contributed by atoms with Gasteiger partial charge in [-0.05, 0) is 57.9 Å². The Bertz CT molecular complexity index is 783. The normalized spacial score (nSPS) is 19.3. The molecule has 2 aromatic rings. The maximum atomic E-state index is 13.0. The number of aryl methyl sites for hydroxylation is 3. The van der Waals surface area contributed by atoms with Crippen molar-refractivity contribution in [2.45, 2.75) is 47.1 Å². The molecule has 1 atom stereocenters. The molecule has 3 rings (SSSR count). The predicted molar refractivity (Wildman–Crippen MR) is 106 cm³/mol. The van der Waals surface area contributed by atoms with Gasteiger partial charge in [0.25, 0.3) is 0 Å². The van der Waals surface area contributed by atoms with Crippen molar-refractivity contribution in [1.29, 1.82) is 0 Å². The summed E-state index contributed by atoms with van der Waals surface area (Å²) in [4.78, 5) is 0. The summed E-state index contributed by atoms with van der Waals surface area (Å²) in [5.74, 6) is 0. The van der Waals surface area contributed by atoms with E-state index in [1.807, 2.05) is 30.3 Å². The van der Waals surface area contributed by atoms with Crippen LogP contribution in [0.2, 0.25) is 0 Å². The van der Waals surface area contributed by atoms with Crippen LogP contribution in [0.1, 0.15) is 42.5 Å². The van der Waals surface area contributed by atoms with Crippen LogP contribution in [-0.4, -0.2) is 23.0 Å². The zero-order chi connectivity index (χ0) is 18.2. The summed E-state index contributed by atoms with van der Waals surface area (Å²) < 4.78 is 1.24. The fourth-order valence-corrected chi connectivity index (χ4v) is 4.20. The highest BCUT2D eigenvalue weighted by molar-refractivity contribution is 6.01. The molecule has 0 fully saturated rings. The Morgan fingerprint density at radius 2 is 1.68 bits per heavy atom. The van der Waals surface area contributed by atoms with Crippen molar-refractivity contribution in [2.24, 2.45) is 5.41 Å². The largest absolute Gasteiger partial charge is 0.623 e. The van der Waals surface area contributed by atoms with Gasteiger partial charge in [0.2, 0.25) is 5.71 Å². The van der Waals surface area contributed by atoms with E-state index in [0.29, 0.717) is 6.54 Å². The minimum atomic E-state index is -0.118. The molecule has 1 aliphatic heterocycles. The van der Waals surface area contributed by atoms with Crippen molar-refractivity contribution in [3.8, 4) is 0 Å². The van der Waals surface area contributed by atoms with Gasteiger partial charge in [-0.3, -0.25) is 0 Å². The van der Waals surface area contributed by atoms with Gasteiger partial charge < -0.3 is 10.5 Å². The average molecular weight is 336 g/mol. The van der Waals surface area contributed by atoms with Crippen molar-refractivity contribution in [1.82, 2.24) is 0 Å². The van der Waals surface area contributed by atoms with Crippen LogP contribution in [-0.2, 0) is 0 Å². The maximum absolute atomic E-state index is 13.0. The summed E-state index contributed by atoms with van der Waals surface area (Å²) in [6, 6.07) is 14.4. The van der Waals surface area contributed by atoms with Crippen LogP contribution >= 0.6 is 0 Å². The second-order valence-corrected chi connectivity index (χ2v) is 7.94. The van der Waals surface area contributed by atoms with E-state index >= 15 is 0 Å². The zero-order valence-electron chi connectivity index (χ0n) is 15.9. The Hall–Kier alpha value is -2.29. The lowest BCUT2D eigenvalue weighted by molar-refractivity contribution is -0.487. The molecule has 0 saturated carbocycles. The van der Waals surface area contributed by atoms with Gasteiger partial charge in [0.1, 0.15) is 0 Å². The molecule has 1 unspecified atom stereocenters. The molecule has 0 radical (unpaired) electrons. The quantitative estimate of drug-likeness (QED) is 0.642. The fourth-order valence-electron chi connectivity index (χ4n) is 4.20. The van der Waals surface area contributed by atoms with Crippen LogP contribution < -0.4 is 5.32 Å². The van der Waals surface area contributed by atoms with Crippen LogP contribution in [0.25, 0.3) is 0 Å². The highest BCUT2D eigenvalue weighted by Gasteiger charge is 2.45. The topological polar surface area (TPSA) is 38.1 Å². The van der Waals surface area contributed by atoms with E-state index in [-0.39, 0.29) is 11.5 Å². The molecule has 1 N–H and O–H groups in total. The monoisotopic (exact) mass is 336 g/mol. The Balaban J connectivity index is 1.84. The number of nitrogens with one attached hydrogen (secondary N) is 1. The number of hydrogen-bond donors (Lipinski definition) is 1. The van der Waals surface area contributed by atoms with E-state index in [4.69, 9.17) is 0 Å². The average Bonchev–Trinajstić information content (AvgIpc) is 2.76. The van der Waals surface area contributed by atoms with Crippen LogP contribution in [0.15, 0.2) is 42.5 Å². The van der Waals surface area contributed by atoms with E-state index < -0.39 is 0 Å². The van der Waals surface area contributed by atoms with Gasteiger partial charge in [0.05, 0.1) is 12.0 Å². The van der Waals surface area contributed by atoms with Gasteiger partial charge in [0, 0.05) is 17.7 Å². The molecule has 0 aromatic heterocycles. The van der Waals surface area contributed by atoms with Crippen LogP contribution in [0.4, 0.5) is 5.69 Å². The summed E-state index contributed by atoms with van der Waals surface area (Å²) >= 11 is 0. The first-order valence-electron chi connectivity index (χ1n) is 9.00. The highest BCUT2D eigenvalue weighted by atomic mass is 16.5. The number of nitrogens with zero attached hydrogens (tertiary/aromatic N) is 1. The molecule has 3 nitrogen and oxygen atoms in total. The lowest BCUT2D eigenvalue weighted by Crippen LogP contribution is -2.28. The van der Waals surface area contributed by atoms with Crippen LogP contribution in [0.5, 0.6) is 0 Å². The van der Waals surface area contributed by atoms with Crippen LogP contribution in [0, 0.1) is 31.4 Å². The minimum Gasteiger partial charge on any atom is -0.623 e. The Labute approximate surface area is 151 Å². The van der Waals surface area contributed by atoms with E-state index in [2.05, 4.69) is 52.1 Å². The molecule has 1 heterocycles. The van der Waals surface area contributed by atoms with Crippen molar-refractivity contribution < 1.29 is 4.74 Å².